The van der Waals surface area contributed by atoms with Crippen molar-refractivity contribution >= 4 is 45.7 Å². The van der Waals surface area contributed by atoms with Gasteiger partial charge in [-0.05, 0) is 31.0 Å². The van der Waals surface area contributed by atoms with Gasteiger partial charge in [0.15, 0.2) is 5.13 Å². The molecule has 31 heavy (non-hydrogen) atoms. The summed E-state index contributed by atoms with van der Waals surface area (Å²) in [5.41, 5.74) is 2.64. The number of carbonyl (C=O) groups excluding carboxylic acids is 2. The zero-order valence-electron chi connectivity index (χ0n) is 17.8. The van der Waals surface area contributed by atoms with Gasteiger partial charge >= 0.3 is 0 Å². The Labute approximate surface area is 191 Å². The van der Waals surface area contributed by atoms with E-state index in [0.717, 1.165) is 34.7 Å². The molecule has 1 atom stereocenters. The number of anilines is 2. The molecule has 1 unspecified atom stereocenters. The molecule has 0 fully saturated rings. The third-order valence-corrected chi connectivity index (χ3v) is 6.74. The first-order valence-electron chi connectivity index (χ1n) is 10.5. The van der Waals surface area contributed by atoms with Gasteiger partial charge in [-0.15, -0.1) is 23.1 Å². The maximum absolute atomic E-state index is 12.8. The highest BCUT2D eigenvalue weighted by Crippen LogP contribution is 2.30. The van der Waals surface area contributed by atoms with Crippen LogP contribution in [0.2, 0.25) is 0 Å². The molecule has 0 saturated heterocycles. The number of rotatable bonds is 10. The third-order valence-electron chi connectivity index (χ3n) is 4.62. The van der Waals surface area contributed by atoms with Crippen molar-refractivity contribution in [2.45, 2.75) is 49.7 Å². The predicted molar refractivity (Wildman–Crippen MR) is 131 cm³/mol. The standard InChI is InChI=1S/C24H27N3O2S2/c1-3-5-14-22(28)25-18-12-9-13-19(15-18)31-21(4-2)23(29)27-24-26-20(16-30-24)17-10-7-6-8-11-17/h6-13,15-16,21H,3-5,14H2,1-2H3,(H,25,28)(H,26,27,29). The number of thiazole rings is 1. The largest absolute Gasteiger partial charge is 0.326 e. The summed E-state index contributed by atoms with van der Waals surface area (Å²) in [6.45, 7) is 4.06. The van der Waals surface area contributed by atoms with E-state index < -0.39 is 0 Å². The molecule has 1 aromatic heterocycles. The Morgan fingerprint density at radius 2 is 1.87 bits per heavy atom. The first-order chi connectivity index (χ1) is 15.1. The zero-order chi connectivity index (χ0) is 22.1. The van der Waals surface area contributed by atoms with Crippen molar-refractivity contribution in [3.05, 3.63) is 60.0 Å². The average molecular weight is 454 g/mol. The molecule has 7 heteroatoms. The highest BCUT2D eigenvalue weighted by Gasteiger charge is 2.19. The van der Waals surface area contributed by atoms with Gasteiger partial charge in [-0.3, -0.25) is 9.59 Å². The van der Waals surface area contributed by atoms with Gasteiger partial charge in [-0.1, -0.05) is 56.7 Å². The van der Waals surface area contributed by atoms with E-state index in [2.05, 4.69) is 22.5 Å². The van der Waals surface area contributed by atoms with Crippen molar-refractivity contribution < 1.29 is 9.59 Å². The van der Waals surface area contributed by atoms with Gasteiger partial charge in [0.2, 0.25) is 11.8 Å². The van der Waals surface area contributed by atoms with E-state index in [1.807, 2.05) is 66.9 Å². The van der Waals surface area contributed by atoms with Crippen LogP contribution in [0.1, 0.15) is 39.5 Å². The summed E-state index contributed by atoms with van der Waals surface area (Å²) in [5.74, 6) is -0.0504. The van der Waals surface area contributed by atoms with Gasteiger partial charge in [0.1, 0.15) is 0 Å². The molecule has 2 N–H and O–H groups in total. The highest BCUT2D eigenvalue weighted by molar-refractivity contribution is 8.00. The Bertz CT molecular complexity index is 1000. The Balaban J connectivity index is 1.61. The molecule has 2 amide bonds. The minimum atomic E-state index is -0.255. The number of amides is 2. The van der Waals surface area contributed by atoms with Gasteiger partial charge in [0.05, 0.1) is 10.9 Å². The number of hydrogen-bond donors (Lipinski definition) is 2. The maximum atomic E-state index is 12.8. The van der Waals surface area contributed by atoms with Crippen molar-refractivity contribution in [3.63, 3.8) is 0 Å². The van der Waals surface area contributed by atoms with Crippen molar-refractivity contribution in [2.24, 2.45) is 0 Å². The van der Waals surface area contributed by atoms with Crippen molar-refractivity contribution in [1.82, 2.24) is 4.98 Å². The molecule has 0 aliphatic heterocycles. The van der Waals surface area contributed by atoms with Crippen LogP contribution in [0.25, 0.3) is 11.3 Å². The summed E-state index contributed by atoms with van der Waals surface area (Å²) in [7, 11) is 0. The summed E-state index contributed by atoms with van der Waals surface area (Å²) < 4.78 is 0. The Morgan fingerprint density at radius 3 is 2.61 bits per heavy atom. The van der Waals surface area contributed by atoms with Crippen LogP contribution in [-0.4, -0.2) is 22.0 Å². The summed E-state index contributed by atoms with van der Waals surface area (Å²) in [4.78, 5) is 30.3. The Hall–Kier alpha value is -2.64. The summed E-state index contributed by atoms with van der Waals surface area (Å²) in [6, 6.07) is 17.5. The number of hydrogen-bond acceptors (Lipinski definition) is 5. The van der Waals surface area contributed by atoms with Gasteiger partial charge in [0, 0.05) is 27.9 Å². The molecular formula is C24H27N3O2S2. The molecule has 0 bridgehead atoms. The first kappa shape index (κ1) is 23.0. The number of aromatic nitrogens is 1. The number of benzene rings is 2. The molecule has 3 aromatic rings. The smallest absolute Gasteiger partial charge is 0.239 e. The van der Waals surface area contributed by atoms with E-state index in [0.29, 0.717) is 18.0 Å². The second-order valence-electron chi connectivity index (χ2n) is 7.09. The molecular weight excluding hydrogens is 426 g/mol. The lowest BCUT2D eigenvalue weighted by Crippen LogP contribution is -2.24. The van der Waals surface area contributed by atoms with Crippen LogP contribution in [0.4, 0.5) is 10.8 Å². The fourth-order valence-electron chi connectivity index (χ4n) is 2.95. The number of nitrogens with zero attached hydrogens (tertiary/aromatic N) is 1. The Kier molecular flexibility index (Phi) is 8.67. The van der Waals surface area contributed by atoms with Gasteiger partial charge in [-0.25, -0.2) is 4.98 Å². The quantitative estimate of drug-likeness (QED) is 0.346. The van der Waals surface area contributed by atoms with Gasteiger partial charge in [-0.2, -0.15) is 0 Å². The SMILES string of the molecule is CCCCC(=O)Nc1cccc(SC(CC)C(=O)Nc2nc(-c3ccccc3)cs2)c1. The van der Waals surface area contributed by atoms with Crippen LogP contribution in [0.15, 0.2) is 64.9 Å². The van der Waals surface area contributed by atoms with E-state index in [4.69, 9.17) is 0 Å². The Morgan fingerprint density at radius 1 is 1.06 bits per heavy atom. The van der Waals surface area contributed by atoms with Crippen LogP contribution in [0, 0.1) is 0 Å². The molecule has 0 radical (unpaired) electrons. The lowest BCUT2D eigenvalue weighted by atomic mass is 10.2. The topological polar surface area (TPSA) is 71.1 Å². The molecule has 3 rings (SSSR count). The van der Waals surface area contributed by atoms with Crippen molar-refractivity contribution in [2.75, 3.05) is 10.6 Å². The van der Waals surface area contributed by atoms with E-state index in [-0.39, 0.29) is 17.1 Å². The fourth-order valence-corrected chi connectivity index (χ4v) is 4.69. The normalized spacial score (nSPS) is 11.7. The number of unbranched alkanes of at least 4 members (excludes halogenated alkanes) is 1. The molecule has 5 nitrogen and oxygen atoms in total. The number of thioether (sulfide) groups is 1. The molecule has 162 valence electrons. The van der Waals surface area contributed by atoms with E-state index >= 15 is 0 Å². The number of nitrogens with one attached hydrogen (secondary N) is 2. The highest BCUT2D eigenvalue weighted by atomic mass is 32.2. The molecule has 0 saturated carbocycles. The van der Waals surface area contributed by atoms with Crippen molar-refractivity contribution in [3.8, 4) is 11.3 Å². The van der Waals surface area contributed by atoms with Crippen molar-refractivity contribution in [1.29, 1.82) is 0 Å². The summed E-state index contributed by atoms with van der Waals surface area (Å²) in [5, 5.41) is 8.18. The third kappa shape index (κ3) is 6.94. The predicted octanol–water partition coefficient (Wildman–Crippen LogP) is 6.45. The van der Waals surface area contributed by atoms with Gasteiger partial charge in [0.25, 0.3) is 0 Å². The maximum Gasteiger partial charge on any atom is 0.239 e. The summed E-state index contributed by atoms with van der Waals surface area (Å²) in [6.07, 6.45) is 3.07. The zero-order valence-corrected chi connectivity index (χ0v) is 19.4. The average Bonchev–Trinajstić information content (AvgIpc) is 3.25. The lowest BCUT2D eigenvalue weighted by Gasteiger charge is -2.14. The lowest BCUT2D eigenvalue weighted by molar-refractivity contribution is -0.116. The monoisotopic (exact) mass is 453 g/mol. The van der Waals surface area contributed by atoms with Crippen LogP contribution in [-0.2, 0) is 9.59 Å². The van der Waals surface area contributed by atoms with Gasteiger partial charge < -0.3 is 10.6 Å². The second-order valence-corrected chi connectivity index (χ2v) is 9.22. The summed E-state index contributed by atoms with van der Waals surface area (Å²) >= 11 is 2.91. The fraction of sp³-hybridized carbons (Fsp3) is 0.292. The van der Waals surface area contributed by atoms with Crippen LogP contribution in [0.3, 0.4) is 0 Å². The molecule has 0 aliphatic carbocycles. The minimum absolute atomic E-state index is 0.0202. The van der Waals surface area contributed by atoms with E-state index in [1.54, 1.807) is 0 Å². The number of carbonyl (C=O) groups is 2. The molecule has 0 aliphatic rings. The molecule has 0 spiro atoms. The minimum Gasteiger partial charge on any atom is -0.326 e. The van der Waals surface area contributed by atoms with Crippen LogP contribution >= 0.6 is 23.1 Å². The molecule has 2 aromatic carbocycles. The van der Waals surface area contributed by atoms with E-state index in [9.17, 15) is 9.59 Å². The molecule has 1 heterocycles. The van der Waals surface area contributed by atoms with E-state index in [1.165, 1.54) is 23.1 Å². The van der Waals surface area contributed by atoms with Crippen LogP contribution < -0.4 is 10.6 Å². The van der Waals surface area contributed by atoms with Crippen LogP contribution in [0.5, 0.6) is 0 Å². The first-order valence-corrected chi connectivity index (χ1v) is 12.2. The second kappa shape index (κ2) is 11.7.